The fourth-order valence-corrected chi connectivity index (χ4v) is 2.27. The Morgan fingerprint density at radius 1 is 0.778 bits per heavy atom. The second-order valence-corrected chi connectivity index (χ2v) is 6.51. The van der Waals surface area contributed by atoms with Crippen LogP contribution in [-0.2, 0) is 0 Å². The van der Waals surface area contributed by atoms with Crippen molar-refractivity contribution in [1.29, 1.82) is 0 Å². The smallest absolute Gasteiger partial charge is 0.381 e. The molecule has 0 atom stereocenters. The largest absolute Gasteiger partial charge is 0.396 e. The van der Waals surface area contributed by atoms with Crippen LogP contribution in [0.4, 0.5) is 35.1 Å². The zero-order chi connectivity index (χ0) is 21.4. The quantitative estimate of drug-likeness (QED) is 0.226. The van der Waals surface area contributed by atoms with Gasteiger partial charge in [0.2, 0.25) is 0 Å². The van der Waals surface area contributed by atoms with E-state index in [1.54, 1.807) is 0 Å². The monoisotopic (exact) mass is 414 g/mol. The van der Waals surface area contributed by atoms with Gasteiger partial charge >= 0.3 is 23.7 Å². The van der Waals surface area contributed by atoms with E-state index in [9.17, 15) is 35.1 Å². The molecule has 0 saturated heterocycles. The van der Waals surface area contributed by atoms with Gasteiger partial charge in [0, 0.05) is 25.6 Å². The number of alkyl halides is 8. The van der Waals surface area contributed by atoms with Gasteiger partial charge in [-0.1, -0.05) is 38.7 Å². The average molecular weight is 414 g/mol. The standard InChI is InChI=1S/C17H26F8O2/c1-2-3-4-5-6-9-14(18,19)16(22,23)17(24,25)15(20,21)10-7-8-13(11-26)12-27/h7,10,13,26-27H,2-6,8-9,11-12H2,1H3/b10-7+. The molecular formula is C17H26F8O2. The number of aliphatic hydroxyl groups excluding tert-OH is 2. The lowest BCUT2D eigenvalue weighted by Crippen LogP contribution is -2.61. The molecule has 0 aromatic carbocycles. The summed E-state index contributed by atoms with van der Waals surface area (Å²) in [5, 5.41) is 17.5. The van der Waals surface area contributed by atoms with Gasteiger partial charge in [0.1, 0.15) is 0 Å². The van der Waals surface area contributed by atoms with Crippen LogP contribution in [0.25, 0.3) is 0 Å². The minimum Gasteiger partial charge on any atom is -0.396 e. The van der Waals surface area contributed by atoms with Crippen LogP contribution in [0.1, 0.15) is 51.9 Å². The Hall–Kier alpha value is -0.900. The molecule has 0 aliphatic rings. The van der Waals surface area contributed by atoms with Gasteiger partial charge < -0.3 is 10.2 Å². The van der Waals surface area contributed by atoms with Crippen molar-refractivity contribution in [3.05, 3.63) is 12.2 Å². The molecule has 0 aliphatic heterocycles. The van der Waals surface area contributed by atoms with E-state index in [1.807, 2.05) is 6.92 Å². The fraction of sp³-hybridized carbons (Fsp3) is 0.882. The Morgan fingerprint density at radius 3 is 1.78 bits per heavy atom. The van der Waals surface area contributed by atoms with Gasteiger partial charge in [-0.25, -0.2) is 0 Å². The Morgan fingerprint density at radius 2 is 1.30 bits per heavy atom. The molecule has 0 bridgehead atoms. The van der Waals surface area contributed by atoms with Gasteiger partial charge in [0.15, 0.2) is 0 Å². The molecular weight excluding hydrogens is 388 g/mol. The van der Waals surface area contributed by atoms with Crippen LogP contribution in [-0.4, -0.2) is 47.1 Å². The predicted octanol–water partition coefficient (Wildman–Crippen LogP) is 5.44. The summed E-state index contributed by atoms with van der Waals surface area (Å²) in [6.07, 6.45) is -0.917. The van der Waals surface area contributed by atoms with E-state index in [0.717, 1.165) is 6.42 Å². The van der Waals surface area contributed by atoms with Gasteiger partial charge in [-0.05, 0) is 18.9 Å². The predicted molar refractivity (Wildman–Crippen MR) is 84.6 cm³/mol. The number of unbranched alkanes of at least 4 members (excludes halogenated alkanes) is 4. The highest BCUT2D eigenvalue weighted by molar-refractivity contribution is 5.11. The summed E-state index contributed by atoms with van der Waals surface area (Å²) >= 11 is 0. The number of rotatable bonds is 14. The molecule has 0 fully saturated rings. The SMILES string of the molecule is CCCCCCCC(F)(F)C(F)(F)C(F)(F)C(F)(F)/C=C/CC(CO)CO. The van der Waals surface area contributed by atoms with E-state index in [-0.39, 0.29) is 6.42 Å². The Labute approximate surface area is 153 Å². The maximum absolute atomic E-state index is 13.7. The van der Waals surface area contributed by atoms with E-state index in [0.29, 0.717) is 18.9 Å². The molecule has 2 N–H and O–H groups in total. The van der Waals surface area contributed by atoms with Gasteiger partial charge in [-0.2, -0.15) is 35.1 Å². The molecule has 27 heavy (non-hydrogen) atoms. The van der Waals surface area contributed by atoms with Crippen LogP contribution in [0.3, 0.4) is 0 Å². The summed E-state index contributed by atoms with van der Waals surface area (Å²) in [6, 6.07) is 0. The highest BCUT2D eigenvalue weighted by Gasteiger charge is 2.79. The summed E-state index contributed by atoms with van der Waals surface area (Å²) in [7, 11) is 0. The third-order valence-electron chi connectivity index (χ3n) is 4.18. The number of halogens is 8. The van der Waals surface area contributed by atoms with E-state index in [4.69, 9.17) is 10.2 Å². The van der Waals surface area contributed by atoms with Crippen LogP contribution in [0.15, 0.2) is 12.2 Å². The van der Waals surface area contributed by atoms with Crippen molar-refractivity contribution in [3.8, 4) is 0 Å². The zero-order valence-electron chi connectivity index (χ0n) is 15.0. The topological polar surface area (TPSA) is 40.5 Å². The second-order valence-electron chi connectivity index (χ2n) is 6.51. The first kappa shape index (κ1) is 26.1. The highest BCUT2D eigenvalue weighted by atomic mass is 19.4. The molecule has 0 saturated carbocycles. The van der Waals surface area contributed by atoms with Gasteiger partial charge in [0.05, 0.1) is 0 Å². The summed E-state index contributed by atoms with van der Waals surface area (Å²) < 4.78 is 109. The fourth-order valence-electron chi connectivity index (χ4n) is 2.27. The first-order chi connectivity index (χ1) is 12.3. The maximum atomic E-state index is 13.7. The third-order valence-corrected chi connectivity index (χ3v) is 4.18. The highest BCUT2D eigenvalue weighted by Crippen LogP contribution is 2.54. The van der Waals surface area contributed by atoms with Crippen molar-refractivity contribution >= 4 is 0 Å². The Bertz CT molecular complexity index is 448. The summed E-state index contributed by atoms with van der Waals surface area (Å²) in [6.45, 7) is 0.506. The van der Waals surface area contributed by atoms with Crippen LogP contribution >= 0.6 is 0 Å². The zero-order valence-corrected chi connectivity index (χ0v) is 15.0. The van der Waals surface area contributed by atoms with Crippen LogP contribution < -0.4 is 0 Å². The number of aliphatic hydroxyl groups is 2. The van der Waals surface area contributed by atoms with Crippen LogP contribution in [0, 0.1) is 5.92 Å². The van der Waals surface area contributed by atoms with E-state index >= 15 is 0 Å². The molecule has 162 valence electrons. The maximum Gasteiger partial charge on any atom is 0.381 e. The Kier molecular flexibility index (Phi) is 10.2. The molecule has 10 heteroatoms. The van der Waals surface area contributed by atoms with E-state index in [2.05, 4.69) is 0 Å². The van der Waals surface area contributed by atoms with Gasteiger partial charge in [0.25, 0.3) is 0 Å². The van der Waals surface area contributed by atoms with Crippen molar-refractivity contribution in [2.24, 2.45) is 5.92 Å². The molecule has 0 heterocycles. The average Bonchev–Trinajstić information content (AvgIpc) is 2.58. The lowest BCUT2D eigenvalue weighted by molar-refractivity contribution is -0.356. The summed E-state index contributed by atoms with van der Waals surface area (Å²) in [4.78, 5) is 0. The third kappa shape index (κ3) is 6.58. The molecule has 0 aromatic rings. The second kappa shape index (κ2) is 10.6. The van der Waals surface area contributed by atoms with Gasteiger partial charge in [-0.15, -0.1) is 0 Å². The minimum absolute atomic E-state index is 0.102. The van der Waals surface area contributed by atoms with Gasteiger partial charge in [-0.3, -0.25) is 0 Å². The lowest BCUT2D eigenvalue weighted by Gasteiger charge is -2.36. The van der Waals surface area contributed by atoms with E-state index in [1.165, 1.54) is 0 Å². The van der Waals surface area contributed by atoms with Crippen molar-refractivity contribution in [2.45, 2.75) is 75.6 Å². The minimum atomic E-state index is -6.32. The summed E-state index contributed by atoms with van der Waals surface area (Å²) in [5.41, 5.74) is 0. The summed E-state index contributed by atoms with van der Waals surface area (Å²) in [5.74, 6) is -24.4. The Balaban J connectivity index is 5.20. The first-order valence-electron chi connectivity index (χ1n) is 8.71. The number of hydrogen-bond acceptors (Lipinski definition) is 2. The molecule has 0 spiro atoms. The first-order valence-corrected chi connectivity index (χ1v) is 8.71. The molecule has 0 aliphatic carbocycles. The van der Waals surface area contributed by atoms with Crippen molar-refractivity contribution in [2.75, 3.05) is 13.2 Å². The molecule has 0 radical (unpaired) electrons. The molecule has 0 aromatic heterocycles. The van der Waals surface area contributed by atoms with E-state index < -0.39 is 68.2 Å². The van der Waals surface area contributed by atoms with Crippen LogP contribution in [0.5, 0.6) is 0 Å². The number of hydrogen-bond donors (Lipinski definition) is 2. The molecule has 0 amide bonds. The van der Waals surface area contributed by atoms with Crippen molar-refractivity contribution < 1.29 is 45.3 Å². The normalized spacial score (nSPS) is 14.5. The molecule has 2 nitrogen and oxygen atoms in total. The number of allylic oxidation sites excluding steroid dienone is 2. The van der Waals surface area contributed by atoms with Crippen LogP contribution in [0.2, 0.25) is 0 Å². The van der Waals surface area contributed by atoms with Crippen molar-refractivity contribution in [1.82, 2.24) is 0 Å². The molecule has 0 rings (SSSR count). The lowest BCUT2D eigenvalue weighted by atomic mass is 9.94. The molecule has 0 unspecified atom stereocenters. The van der Waals surface area contributed by atoms with Crippen molar-refractivity contribution in [3.63, 3.8) is 0 Å².